The molecule has 0 aliphatic heterocycles. The summed E-state index contributed by atoms with van der Waals surface area (Å²) in [4.78, 5) is 4.35. The molecule has 0 amide bonds. The van der Waals surface area contributed by atoms with E-state index in [0.717, 1.165) is 6.26 Å². The normalized spacial score (nSPS) is 15.3. The van der Waals surface area contributed by atoms with Gasteiger partial charge in [-0.15, -0.1) is 11.6 Å². The smallest absolute Gasteiger partial charge is 0.149 e. The lowest BCUT2D eigenvalue weighted by Crippen LogP contribution is -2.18. The molecule has 0 spiro atoms. The molecule has 2 unspecified atom stereocenters. The summed E-state index contributed by atoms with van der Waals surface area (Å²) in [7, 11) is -3.19. The predicted molar refractivity (Wildman–Crippen MR) is 83.4 cm³/mol. The van der Waals surface area contributed by atoms with Crippen molar-refractivity contribution in [2.75, 3.05) is 12.0 Å². The zero-order valence-corrected chi connectivity index (χ0v) is 14.1. The Labute approximate surface area is 132 Å². The molecule has 0 radical (unpaired) electrons. The van der Waals surface area contributed by atoms with E-state index in [-0.39, 0.29) is 10.8 Å². The highest BCUT2D eigenvalue weighted by atomic mass is 35.5. The third kappa shape index (κ3) is 3.49. The molecule has 0 bridgehead atoms. The van der Waals surface area contributed by atoms with Gasteiger partial charge in [-0.25, -0.2) is 17.8 Å². The Balaban J connectivity index is 2.69. The second-order valence-electron chi connectivity index (χ2n) is 5.15. The van der Waals surface area contributed by atoms with E-state index < -0.39 is 27.1 Å². The van der Waals surface area contributed by atoms with Crippen molar-refractivity contribution in [3.8, 4) is 0 Å². The average molecular weight is 353 g/mol. The van der Waals surface area contributed by atoms with Crippen LogP contribution >= 0.6 is 23.2 Å². The number of aromatic nitrogens is 2. The Morgan fingerprint density at radius 2 is 2.00 bits per heavy atom. The number of halogens is 3. The fourth-order valence-corrected chi connectivity index (χ4v) is 3.70. The highest BCUT2D eigenvalue weighted by Gasteiger charge is 2.22. The Kier molecular flexibility index (Phi) is 4.52. The van der Waals surface area contributed by atoms with Gasteiger partial charge in [0.25, 0.3) is 0 Å². The molecule has 0 fully saturated rings. The van der Waals surface area contributed by atoms with Crippen molar-refractivity contribution >= 4 is 44.1 Å². The second kappa shape index (κ2) is 5.74. The van der Waals surface area contributed by atoms with Crippen molar-refractivity contribution in [2.45, 2.75) is 25.3 Å². The maximum atomic E-state index is 13.7. The molecule has 0 aliphatic carbocycles. The molecule has 21 heavy (non-hydrogen) atoms. The van der Waals surface area contributed by atoms with E-state index in [1.807, 2.05) is 0 Å². The fraction of sp³-hybridized carbons (Fsp3) is 0.462. The molecular formula is C13H15Cl2FN2O2S. The number of alkyl halides is 1. The standard InChI is InChI=1S/C13H15Cl2FN2O2S/c1-7(6-21(3,19)20)18-12-5-10(16)9(15)4-11(12)17-13(18)8(2)14/h4-5,7-8H,6H2,1-3H3. The number of hydrogen-bond donors (Lipinski definition) is 0. The Bertz CT molecular complexity index is 787. The van der Waals surface area contributed by atoms with Crippen LogP contribution in [0.15, 0.2) is 12.1 Å². The van der Waals surface area contributed by atoms with Gasteiger partial charge in [0.05, 0.1) is 27.2 Å². The lowest BCUT2D eigenvalue weighted by molar-refractivity contribution is 0.554. The van der Waals surface area contributed by atoms with E-state index in [1.165, 1.54) is 12.1 Å². The van der Waals surface area contributed by atoms with Crippen LogP contribution in [0.5, 0.6) is 0 Å². The van der Waals surface area contributed by atoms with Gasteiger partial charge in [-0.3, -0.25) is 0 Å². The molecule has 116 valence electrons. The van der Waals surface area contributed by atoms with Crippen molar-refractivity contribution in [3.63, 3.8) is 0 Å². The third-order valence-electron chi connectivity index (χ3n) is 3.10. The van der Waals surface area contributed by atoms with Gasteiger partial charge in [0.1, 0.15) is 21.5 Å². The van der Waals surface area contributed by atoms with Crippen molar-refractivity contribution in [2.24, 2.45) is 0 Å². The summed E-state index contributed by atoms with van der Waals surface area (Å²) in [5, 5.41) is -0.474. The van der Waals surface area contributed by atoms with Crippen LogP contribution in [0.1, 0.15) is 31.1 Å². The largest absolute Gasteiger partial charge is 0.323 e. The first kappa shape index (κ1) is 16.5. The minimum Gasteiger partial charge on any atom is -0.323 e. The van der Waals surface area contributed by atoms with E-state index in [2.05, 4.69) is 4.98 Å². The predicted octanol–water partition coefficient (Wildman–Crippen LogP) is 3.73. The molecule has 0 N–H and O–H groups in total. The Morgan fingerprint density at radius 1 is 1.38 bits per heavy atom. The molecule has 0 aliphatic rings. The van der Waals surface area contributed by atoms with Crippen LogP contribution < -0.4 is 0 Å². The number of imidazole rings is 1. The van der Waals surface area contributed by atoms with Gasteiger partial charge in [-0.1, -0.05) is 11.6 Å². The minimum absolute atomic E-state index is 0.0308. The molecule has 1 aromatic heterocycles. The summed E-state index contributed by atoms with van der Waals surface area (Å²) in [5.74, 6) is -0.172. The number of benzene rings is 1. The molecule has 4 nitrogen and oxygen atoms in total. The van der Waals surface area contributed by atoms with Crippen LogP contribution in [0.2, 0.25) is 5.02 Å². The van der Waals surface area contributed by atoms with Gasteiger partial charge in [-0.05, 0) is 19.9 Å². The SMILES string of the molecule is CC(Cl)c1nc2cc(Cl)c(F)cc2n1C(C)CS(C)(=O)=O. The quantitative estimate of drug-likeness (QED) is 0.787. The monoisotopic (exact) mass is 352 g/mol. The van der Waals surface area contributed by atoms with E-state index in [9.17, 15) is 12.8 Å². The van der Waals surface area contributed by atoms with Gasteiger partial charge in [-0.2, -0.15) is 0 Å². The van der Waals surface area contributed by atoms with Gasteiger partial charge >= 0.3 is 0 Å². The molecular weight excluding hydrogens is 338 g/mol. The first-order valence-corrected chi connectivity index (χ1v) is 9.16. The summed E-state index contributed by atoms with van der Waals surface area (Å²) in [6, 6.07) is 2.26. The molecule has 2 rings (SSSR count). The summed E-state index contributed by atoms with van der Waals surface area (Å²) in [6.07, 6.45) is 1.16. The summed E-state index contributed by atoms with van der Waals surface area (Å²) in [6.45, 7) is 3.46. The van der Waals surface area contributed by atoms with Crippen molar-refractivity contribution < 1.29 is 12.8 Å². The molecule has 1 aromatic carbocycles. The van der Waals surface area contributed by atoms with Crippen LogP contribution in [0.25, 0.3) is 11.0 Å². The average Bonchev–Trinajstić information content (AvgIpc) is 2.66. The fourth-order valence-electron chi connectivity index (χ4n) is 2.37. The highest BCUT2D eigenvalue weighted by molar-refractivity contribution is 7.90. The number of nitrogens with zero attached hydrogens (tertiary/aromatic N) is 2. The van der Waals surface area contributed by atoms with Crippen molar-refractivity contribution in [1.29, 1.82) is 0 Å². The van der Waals surface area contributed by atoms with E-state index >= 15 is 0 Å². The number of fused-ring (bicyclic) bond motifs is 1. The van der Waals surface area contributed by atoms with Crippen molar-refractivity contribution in [1.82, 2.24) is 9.55 Å². The zero-order chi connectivity index (χ0) is 15.9. The third-order valence-corrected chi connectivity index (χ3v) is 4.67. The number of rotatable bonds is 4. The summed E-state index contributed by atoms with van der Waals surface area (Å²) >= 11 is 11.9. The molecule has 8 heteroatoms. The molecule has 2 atom stereocenters. The zero-order valence-electron chi connectivity index (χ0n) is 11.8. The lowest BCUT2D eigenvalue weighted by atomic mass is 10.2. The van der Waals surface area contributed by atoms with Crippen LogP contribution in [-0.4, -0.2) is 30.0 Å². The van der Waals surface area contributed by atoms with Gasteiger partial charge in [0, 0.05) is 18.4 Å². The Hall–Kier alpha value is -0.850. The number of hydrogen-bond acceptors (Lipinski definition) is 3. The Morgan fingerprint density at radius 3 is 2.52 bits per heavy atom. The van der Waals surface area contributed by atoms with Crippen molar-refractivity contribution in [3.05, 3.63) is 28.8 Å². The van der Waals surface area contributed by atoms with E-state index in [1.54, 1.807) is 18.4 Å². The van der Waals surface area contributed by atoms with E-state index in [0.29, 0.717) is 16.9 Å². The highest BCUT2D eigenvalue weighted by Crippen LogP contribution is 2.31. The topological polar surface area (TPSA) is 52.0 Å². The van der Waals surface area contributed by atoms with Crippen LogP contribution in [0.4, 0.5) is 4.39 Å². The maximum absolute atomic E-state index is 13.7. The first-order chi connectivity index (χ1) is 9.60. The van der Waals surface area contributed by atoms with Crippen LogP contribution in [0.3, 0.4) is 0 Å². The van der Waals surface area contributed by atoms with E-state index in [4.69, 9.17) is 23.2 Å². The second-order valence-corrected chi connectivity index (χ2v) is 8.40. The molecule has 0 saturated carbocycles. The van der Waals surface area contributed by atoms with Gasteiger partial charge in [0.2, 0.25) is 0 Å². The lowest BCUT2D eigenvalue weighted by Gasteiger charge is -2.17. The minimum atomic E-state index is -3.19. The molecule has 2 aromatic rings. The number of sulfone groups is 1. The van der Waals surface area contributed by atoms with Gasteiger partial charge in [0.15, 0.2) is 0 Å². The summed E-state index contributed by atoms with van der Waals surface area (Å²) < 4.78 is 38.4. The first-order valence-electron chi connectivity index (χ1n) is 6.29. The van der Waals surface area contributed by atoms with Crippen LogP contribution in [-0.2, 0) is 9.84 Å². The molecule has 0 saturated heterocycles. The summed E-state index contributed by atoms with van der Waals surface area (Å²) in [5.41, 5.74) is 0.972. The van der Waals surface area contributed by atoms with Crippen LogP contribution in [0, 0.1) is 5.82 Å². The molecule has 1 heterocycles. The maximum Gasteiger partial charge on any atom is 0.149 e. The van der Waals surface area contributed by atoms with Gasteiger partial charge < -0.3 is 4.57 Å².